The molecule has 3 rings (SSSR count). The van der Waals surface area contributed by atoms with E-state index >= 15 is 0 Å². The van der Waals surface area contributed by atoms with Gasteiger partial charge in [0.05, 0.1) is 12.7 Å². The molecule has 0 aromatic heterocycles. The molecule has 1 N–H and O–H groups in total. The number of benzene rings is 2. The molecule has 1 aliphatic heterocycles. The summed E-state index contributed by atoms with van der Waals surface area (Å²) in [7, 11) is -2.50. The summed E-state index contributed by atoms with van der Waals surface area (Å²) in [6.07, 6.45) is 9.10. The molecular weight excluding hydrogens is 464 g/mol. The maximum atomic E-state index is 9.13. The van der Waals surface area contributed by atoms with Gasteiger partial charge in [-0.25, -0.2) is 0 Å². The van der Waals surface area contributed by atoms with Gasteiger partial charge in [0.15, 0.2) is 5.79 Å². The molecule has 1 aliphatic rings. The number of rotatable bonds is 12. The maximum absolute atomic E-state index is 9.13. The first-order valence-electron chi connectivity index (χ1n) is 13.5. The molecule has 1 heterocycles. The molecule has 36 heavy (non-hydrogen) atoms. The summed E-state index contributed by atoms with van der Waals surface area (Å²) in [6.45, 7) is 13.2. The van der Waals surface area contributed by atoms with Crippen molar-refractivity contribution in [3.8, 4) is 0 Å². The van der Waals surface area contributed by atoms with E-state index < -0.39 is 14.1 Å². The van der Waals surface area contributed by atoms with E-state index in [-0.39, 0.29) is 30.0 Å². The summed E-state index contributed by atoms with van der Waals surface area (Å²) < 4.78 is 19.3. The molecule has 1 saturated heterocycles. The summed E-state index contributed by atoms with van der Waals surface area (Å²) in [5.74, 6) is -0.576. The normalized spacial score (nSPS) is 21.2. The maximum Gasteiger partial charge on any atom is 0.261 e. The van der Waals surface area contributed by atoms with Crippen LogP contribution in [0.4, 0.5) is 0 Å². The summed E-state index contributed by atoms with van der Waals surface area (Å²) >= 11 is 0. The summed E-state index contributed by atoms with van der Waals surface area (Å²) in [4.78, 5) is 0. The Bertz CT molecular complexity index is 897. The number of aliphatic hydroxyl groups is 1. The highest BCUT2D eigenvalue weighted by atomic mass is 28.4. The van der Waals surface area contributed by atoms with Gasteiger partial charge >= 0.3 is 0 Å². The smallest absolute Gasteiger partial charge is 0.261 e. The second-order valence-corrected chi connectivity index (χ2v) is 15.7. The second-order valence-electron chi connectivity index (χ2n) is 11.5. The van der Waals surface area contributed by atoms with Crippen LogP contribution in [0.25, 0.3) is 0 Å². The third-order valence-corrected chi connectivity index (χ3v) is 12.2. The van der Waals surface area contributed by atoms with Crippen molar-refractivity contribution < 1.29 is 19.0 Å². The second kappa shape index (κ2) is 12.7. The van der Waals surface area contributed by atoms with Crippen LogP contribution in [0.1, 0.15) is 73.6 Å². The fraction of sp³-hybridized carbons (Fsp3) is 0.548. The monoisotopic (exact) mass is 510 g/mol. The lowest BCUT2D eigenvalue weighted by atomic mass is 10.0. The third-order valence-electron chi connectivity index (χ3n) is 7.05. The fourth-order valence-electron chi connectivity index (χ4n) is 5.45. The Morgan fingerprint density at radius 3 is 2.06 bits per heavy atom. The molecule has 0 saturated carbocycles. The average Bonchev–Trinajstić information content (AvgIpc) is 3.14. The molecule has 0 spiro atoms. The standard InChI is InChI=1S/C31H46O4Si/c1-25(17-10-7-15-22-28-29(23-16-24-32)34-31(5,6)33-28)35-36(30(2,3)4,26-18-11-8-12-19-26)27-20-13-9-14-21-27/h8-9,11-14,16,18-21,23,25,28-29,32H,7,10,15,17,22,24H2,1-6H3/b23-16-/t25-,28+,29+/m1/s1. The lowest BCUT2D eigenvalue weighted by Gasteiger charge is -2.44. The minimum atomic E-state index is -2.50. The zero-order chi connectivity index (χ0) is 26.2. The van der Waals surface area contributed by atoms with Gasteiger partial charge in [0.1, 0.15) is 6.10 Å². The van der Waals surface area contributed by atoms with Crippen LogP contribution in [-0.2, 0) is 13.9 Å². The van der Waals surface area contributed by atoms with Gasteiger partial charge in [-0.15, -0.1) is 0 Å². The van der Waals surface area contributed by atoms with Crippen LogP contribution in [-0.4, -0.2) is 44.1 Å². The molecular formula is C31H46O4Si. The first-order chi connectivity index (χ1) is 17.1. The lowest BCUT2D eigenvalue weighted by Crippen LogP contribution is -2.67. The van der Waals surface area contributed by atoms with Gasteiger partial charge in [0.2, 0.25) is 0 Å². The van der Waals surface area contributed by atoms with Crippen LogP contribution in [0.5, 0.6) is 0 Å². The zero-order valence-electron chi connectivity index (χ0n) is 23.1. The van der Waals surface area contributed by atoms with E-state index in [1.165, 1.54) is 10.4 Å². The first kappa shape index (κ1) is 28.8. The Balaban J connectivity index is 1.62. The highest BCUT2D eigenvalue weighted by Gasteiger charge is 2.50. The van der Waals surface area contributed by atoms with Gasteiger partial charge in [-0.1, -0.05) is 113 Å². The third kappa shape index (κ3) is 7.17. The van der Waals surface area contributed by atoms with Crippen LogP contribution < -0.4 is 10.4 Å². The number of ether oxygens (including phenoxy) is 2. The molecule has 198 valence electrons. The minimum Gasteiger partial charge on any atom is -0.405 e. The van der Waals surface area contributed by atoms with Crippen molar-refractivity contribution >= 4 is 18.7 Å². The Morgan fingerprint density at radius 1 is 0.944 bits per heavy atom. The largest absolute Gasteiger partial charge is 0.405 e. The quantitative estimate of drug-likeness (QED) is 0.217. The van der Waals surface area contributed by atoms with Gasteiger partial charge in [0.25, 0.3) is 8.32 Å². The molecule has 1 fully saturated rings. The van der Waals surface area contributed by atoms with E-state index in [0.717, 1.165) is 32.1 Å². The van der Waals surface area contributed by atoms with Crippen molar-refractivity contribution in [3.05, 3.63) is 72.8 Å². The Hall–Kier alpha value is -1.76. The van der Waals surface area contributed by atoms with E-state index in [1.807, 2.05) is 19.9 Å². The van der Waals surface area contributed by atoms with Crippen LogP contribution in [0.2, 0.25) is 5.04 Å². The van der Waals surface area contributed by atoms with Crippen molar-refractivity contribution in [2.45, 2.75) is 103 Å². The Kier molecular flexibility index (Phi) is 10.1. The minimum absolute atomic E-state index is 0.00627. The van der Waals surface area contributed by atoms with Crippen molar-refractivity contribution in [3.63, 3.8) is 0 Å². The van der Waals surface area contributed by atoms with Crippen molar-refractivity contribution in [2.24, 2.45) is 0 Å². The summed E-state index contributed by atoms with van der Waals surface area (Å²) in [5.41, 5.74) is 0. The van der Waals surface area contributed by atoms with Crippen LogP contribution in [0, 0.1) is 0 Å². The van der Waals surface area contributed by atoms with Gasteiger partial charge < -0.3 is 19.0 Å². The van der Waals surface area contributed by atoms with Gasteiger partial charge in [0, 0.05) is 6.10 Å². The molecule has 0 amide bonds. The molecule has 3 atom stereocenters. The molecule has 0 aliphatic carbocycles. The predicted molar refractivity (Wildman–Crippen MR) is 151 cm³/mol. The number of hydrogen-bond donors (Lipinski definition) is 1. The van der Waals surface area contributed by atoms with E-state index in [0.29, 0.717) is 0 Å². The van der Waals surface area contributed by atoms with Gasteiger partial charge in [-0.2, -0.15) is 0 Å². The summed E-state index contributed by atoms with van der Waals surface area (Å²) in [6, 6.07) is 21.7. The summed E-state index contributed by atoms with van der Waals surface area (Å²) in [5, 5.41) is 11.8. The highest BCUT2D eigenvalue weighted by Crippen LogP contribution is 2.38. The fourth-order valence-corrected chi connectivity index (χ4v) is 10.2. The van der Waals surface area contributed by atoms with Crippen LogP contribution >= 0.6 is 0 Å². The molecule has 4 nitrogen and oxygen atoms in total. The SMILES string of the molecule is C[C@H](CCCCC[C@@H]1OC(C)(C)O[C@H]1/C=C\CO)O[Si](c1ccccc1)(c1ccccc1)C(C)(C)C. The lowest BCUT2D eigenvalue weighted by molar-refractivity contribution is -0.143. The molecule has 0 bridgehead atoms. The van der Waals surface area contributed by atoms with Crippen molar-refractivity contribution in [2.75, 3.05) is 6.61 Å². The number of hydrogen-bond acceptors (Lipinski definition) is 4. The van der Waals surface area contributed by atoms with Crippen molar-refractivity contribution in [1.82, 2.24) is 0 Å². The highest BCUT2D eigenvalue weighted by molar-refractivity contribution is 6.99. The van der Waals surface area contributed by atoms with E-state index in [1.54, 1.807) is 6.08 Å². The van der Waals surface area contributed by atoms with Gasteiger partial charge in [-0.05, 0) is 49.0 Å². The number of aliphatic hydroxyl groups excluding tert-OH is 1. The Labute approximate surface area is 219 Å². The first-order valence-corrected chi connectivity index (χ1v) is 15.4. The zero-order valence-corrected chi connectivity index (χ0v) is 24.1. The molecule has 2 aromatic carbocycles. The predicted octanol–water partition coefficient (Wildman–Crippen LogP) is 5.97. The molecule has 5 heteroatoms. The molecule has 2 aromatic rings. The van der Waals surface area contributed by atoms with E-state index in [9.17, 15) is 0 Å². The van der Waals surface area contributed by atoms with Crippen LogP contribution in [0.15, 0.2) is 72.8 Å². The van der Waals surface area contributed by atoms with Crippen LogP contribution in [0.3, 0.4) is 0 Å². The average molecular weight is 511 g/mol. The van der Waals surface area contributed by atoms with Gasteiger partial charge in [-0.3, -0.25) is 0 Å². The topological polar surface area (TPSA) is 47.9 Å². The van der Waals surface area contributed by atoms with E-state index in [4.69, 9.17) is 19.0 Å². The molecule has 0 unspecified atom stereocenters. The number of unbranched alkanes of at least 4 members (excludes halogenated alkanes) is 2. The van der Waals surface area contributed by atoms with E-state index in [2.05, 4.69) is 88.4 Å². The van der Waals surface area contributed by atoms with Crippen molar-refractivity contribution in [1.29, 1.82) is 0 Å². The molecule has 0 radical (unpaired) electrons. The Morgan fingerprint density at radius 2 is 1.53 bits per heavy atom.